The van der Waals surface area contributed by atoms with Crippen molar-refractivity contribution in [2.24, 2.45) is 0 Å². The van der Waals surface area contributed by atoms with Crippen molar-refractivity contribution in [3.8, 4) is 17.3 Å². The number of urea groups is 1. The van der Waals surface area contributed by atoms with Gasteiger partial charge in [-0.25, -0.2) is 13.9 Å². The van der Waals surface area contributed by atoms with Crippen LogP contribution in [-0.2, 0) is 17.9 Å². The number of halogens is 4. The smallest absolute Gasteiger partial charge is 0.469 e. The number of carbonyl (C=O) groups excluding carboxylic acids is 1. The summed E-state index contributed by atoms with van der Waals surface area (Å²) in [5, 5.41) is 9.72. The normalized spacial score (nSPS) is 17.7. The monoisotopic (exact) mass is 551 g/mol. The fourth-order valence-electron chi connectivity index (χ4n) is 4.24. The van der Waals surface area contributed by atoms with Gasteiger partial charge in [-0.2, -0.15) is 0 Å². The molecule has 4 rings (SSSR count). The lowest BCUT2D eigenvalue weighted by Crippen LogP contribution is -2.30. The summed E-state index contributed by atoms with van der Waals surface area (Å²) < 4.78 is 69.6. The van der Waals surface area contributed by atoms with E-state index in [-0.39, 0.29) is 37.0 Å². The number of aromatic nitrogens is 2. The van der Waals surface area contributed by atoms with Gasteiger partial charge in [-0.15, -0.1) is 18.3 Å². The van der Waals surface area contributed by atoms with E-state index in [2.05, 4.69) is 20.5 Å². The second kappa shape index (κ2) is 11.9. The Morgan fingerprint density at radius 3 is 2.54 bits per heavy atom. The number of rotatable bonds is 9. The molecule has 2 atom stereocenters. The number of ether oxygens (including phenoxy) is 3. The number of nitrogens with one attached hydrogen (secondary N) is 2. The van der Waals surface area contributed by atoms with Crippen LogP contribution in [0, 0.1) is 6.92 Å². The van der Waals surface area contributed by atoms with E-state index in [9.17, 15) is 22.4 Å². The number of amides is 2. The van der Waals surface area contributed by atoms with Crippen molar-refractivity contribution in [1.29, 1.82) is 0 Å². The number of hydrogen-bond donors (Lipinski definition) is 2. The molecule has 1 aliphatic heterocycles. The Hall–Kier alpha value is -3.84. The van der Waals surface area contributed by atoms with Gasteiger partial charge in [0, 0.05) is 32.3 Å². The van der Waals surface area contributed by atoms with Crippen LogP contribution in [0.4, 0.5) is 28.2 Å². The molecule has 2 aromatic carbocycles. The van der Waals surface area contributed by atoms with Crippen LogP contribution in [0.2, 0.25) is 0 Å². The number of methoxy groups -OCH3 is 1. The van der Waals surface area contributed by atoms with Gasteiger partial charge >= 0.3 is 12.4 Å². The summed E-state index contributed by atoms with van der Waals surface area (Å²) >= 11 is 0. The van der Waals surface area contributed by atoms with Gasteiger partial charge in [0.25, 0.3) is 0 Å². The molecule has 2 heterocycles. The van der Waals surface area contributed by atoms with Crippen molar-refractivity contribution < 1.29 is 36.6 Å². The van der Waals surface area contributed by atoms with Gasteiger partial charge < -0.3 is 19.5 Å². The molecule has 9 nitrogen and oxygen atoms in total. The Kier molecular flexibility index (Phi) is 8.60. The molecule has 0 saturated carbocycles. The zero-order valence-corrected chi connectivity index (χ0v) is 21.6. The first-order valence-corrected chi connectivity index (χ1v) is 12.1. The molecular weight excluding hydrogens is 522 g/mol. The van der Waals surface area contributed by atoms with Crippen molar-refractivity contribution in [1.82, 2.24) is 20.0 Å². The number of benzene rings is 2. The summed E-state index contributed by atoms with van der Waals surface area (Å²) in [6.45, 7) is 2.19. The molecule has 3 aromatic rings. The fraction of sp³-hybridized carbons (Fsp3) is 0.385. The van der Waals surface area contributed by atoms with Crippen LogP contribution in [0.15, 0.2) is 48.5 Å². The van der Waals surface area contributed by atoms with Gasteiger partial charge in [0.15, 0.2) is 6.17 Å². The third-order valence-electron chi connectivity index (χ3n) is 6.06. The van der Waals surface area contributed by atoms with Crippen LogP contribution in [0.1, 0.15) is 16.7 Å². The predicted molar refractivity (Wildman–Crippen MR) is 135 cm³/mol. The van der Waals surface area contributed by atoms with Crippen molar-refractivity contribution >= 4 is 11.8 Å². The minimum Gasteiger partial charge on any atom is -0.469 e. The number of nitrogens with zero attached hydrogens (tertiary/aromatic N) is 3. The SMILES string of the molecule is COCc1ccc(OC(F)(F)F)c(CNC(=O)Nc2c(C)c(O[C@H]3CN(C)C[C@H]3F)nn2-c2ccccc2)c1. The third kappa shape index (κ3) is 7.18. The van der Waals surface area contributed by atoms with Crippen LogP contribution in [0.3, 0.4) is 0 Å². The standard InChI is InChI=1S/C26H29F4N5O4/c1-16-23(32-25(36)31-12-18-11-17(15-37-3)9-10-21(18)39-26(28,29)30)35(19-7-5-4-6-8-19)33-24(16)38-22-14-34(2)13-20(22)27/h4-11,20,22H,12-15H2,1-3H3,(H2,31,32,36)/t20-,22+/m1/s1. The molecule has 1 saturated heterocycles. The molecule has 1 aliphatic rings. The highest BCUT2D eigenvalue weighted by atomic mass is 19.4. The Bertz CT molecular complexity index is 1290. The Morgan fingerprint density at radius 2 is 1.90 bits per heavy atom. The maximum atomic E-state index is 14.4. The molecule has 0 unspecified atom stereocenters. The zero-order valence-electron chi connectivity index (χ0n) is 21.6. The van der Waals surface area contributed by atoms with Crippen LogP contribution >= 0.6 is 0 Å². The maximum absolute atomic E-state index is 14.4. The molecule has 39 heavy (non-hydrogen) atoms. The summed E-state index contributed by atoms with van der Waals surface area (Å²) in [7, 11) is 3.25. The predicted octanol–water partition coefficient (Wildman–Crippen LogP) is 4.58. The second-order valence-electron chi connectivity index (χ2n) is 9.15. The quantitative estimate of drug-likeness (QED) is 0.379. The Balaban J connectivity index is 1.55. The number of alkyl halides is 4. The number of likely N-dealkylation sites (tertiary alicyclic amines) is 1. The molecule has 0 bridgehead atoms. The van der Waals surface area contributed by atoms with Crippen LogP contribution < -0.4 is 20.1 Å². The first-order valence-electron chi connectivity index (χ1n) is 12.1. The summed E-state index contributed by atoms with van der Waals surface area (Å²) in [5.41, 5.74) is 1.78. The fourth-order valence-corrected chi connectivity index (χ4v) is 4.24. The van der Waals surface area contributed by atoms with Crippen molar-refractivity contribution in [3.05, 3.63) is 65.2 Å². The molecule has 2 N–H and O–H groups in total. The van der Waals surface area contributed by atoms with E-state index in [0.29, 0.717) is 23.4 Å². The second-order valence-corrected chi connectivity index (χ2v) is 9.15. The molecule has 13 heteroatoms. The molecule has 0 spiro atoms. The van der Waals surface area contributed by atoms with Gasteiger partial charge in [-0.3, -0.25) is 10.2 Å². The highest BCUT2D eigenvalue weighted by Gasteiger charge is 2.34. The summed E-state index contributed by atoms with van der Waals surface area (Å²) in [6, 6.07) is 12.3. The van der Waals surface area contributed by atoms with Gasteiger partial charge in [0.05, 0.1) is 17.9 Å². The highest BCUT2D eigenvalue weighted by Crippen LogP contribution is 2.31. The van der Waals surface area contributed by atoms with Crippen molar-refractivity contribution in [3.63, 3.8) is 0 Å². The lowest BCUT2D eigenvalue weighted by Gasteiger charge is -2.16. The van der Waals surface area contributed by atoms with Gasteiger partial charge in [0.2, 0.25) is 5.88 Å². The largest absolute Gasteiger partial charge is 0.573 e. The van der Waals surface area contributed by atoms with Crippen molar-refractivity contribution in [2.45, 2.75) is 38.7 Å². The number of carbonyl (C=O) groups is 1. The average molecular weight is 552 g/mol. The van der Waals surface area contributed by atoms with E-state index < -0.39 is 30.4 Å². The van der Waals surface area contributed by atoms with E-state index >= 15 is 0 Å². The minimum atomic E-state index is -4.90. The average Bonchev–Trinajstić information content (AvgIpc) is 3.36. The lowest BCUT2D eigenvalue weighted by molar-refractivity contribution is -0.274. The lowest BCUT2D eigenvalue weighted by atomic mass is 10.1. The van der Waals surface area contributed by atoms with Gasteiger partial charge in [-0.1, -0.05) is 24.3 Å². The number of likely N-dealkylation sites (N-methyl/N-ethyl adjacent to an activating group) is 1. The van der Waals surface area contributed by atoms with Crippen LogP contribution in [-0.4, -0.2) is 66.6 Å². The first kappa shape index (κ1) is 28.2. The molecule has 2 amide bonds. The minimum absolute atomic E-state index is 0.105. The molecule has 0 radical (unpaired) electrons. The summed E-state index contributed by atoms with van der Waals surface area (Å²) in [4.78, 5) is 14.7. The van der Waals surface area contributed by atoms with E-state index in [1.165, 1.54) is 30.0 Å². The molecule has 1 aromatic heterocycles. The number of hydrogen-bond acceptors (Lipinski definition) is 6. The number of para-hydroxylation sites is 1. The van der Waals surface area contributed by atoms with E-state index in [1.54, 1.807) is 38.2 Å². The Morgan fingerprint density at radius 1 is 1.15 bits per heavy atom. The van der Waals surface area contributed by atoms with Crippen LogP contribution in [0.25, 0.3) is 5.69 Å². The molecular formula is C26H29F4N5O4. The topological polar surface area (TPSA) is 89.9 Å². The molecule has 0 aliphatic carbocycles. The van der Waals surface area contributed by atoms with E-state index in [4.69, 9.17) is 9.47 Å². The van der Waals surface area contributed by atoms with Gasteiger partial charge in [-0.05, 0) is 43.8 Å². The zero-order chi connectivity index (χ0) is 28.2. The third-order valence-corrected chi connectivity index (χ3v) is 6.06. The van der Waals surface area contributed by atoms with Crippen LogP contribution in [0.5, 0.6) is 11.6 Å². The maximum Gasteiger partial charge on any atom is 0.573 e. The summed E-state index contributed by atoms with van der Waals surface area (Å²) in [6.07, 6.45) is -6.82. The van der Waals surface area contributed by atoms with E-state index in [1.807, 2.05) is 11.0 Å². The van der Waals surface area contributed by atoms with Gasteiger partial charge in [0.1, 0.15) is 17.7 Å². The molecule has 210 valence electrons. The number of anilines is 1. The summed E-state index contributed by atoms with van der Waals surface area (Å²) in [5.74, 6) is -0.0215. The highest BCUT2D eigenvalue weighted by molar-refractivity contribution is 5.89. The first-order chi connectivity index (χ1) is 18.5. The van der Waals surface area contributed by atoms with Crippen molar-refractivity contribution in [2.75, 3.05) is 32.6 Å². The molecule has 1 fully saturated rings. The van der Waals surface area contributed by atoms with E-state index in [0.717, 1.165) is 0 Å². The Labute approximate surface area is 222 Å².